The maximum atomic E-state index is 13.7. The average Bonchev–Trinajstić information content (AvgIpc) is 3.15. The molecule has 2 aromatic heterocycles. The summed E-state index contributed by atoms with van der Waals surface area (Å²) in [5.74, 6) is -0.200. The maximum absolute atomic E-state index is 13.7. The van der Waals surface area contributed by atoms with Crippen LogP contribution in [0.3, 0.4) is 0 Å². The summed E-state index contributed by atoms with van der Waals surface area (Å²) in [5.41, 5.74) is 3.66. The summed E-state index contributed by atoms with van der Waals surface area (Å²) in [6, 6.07) is 13.2. The number of guanidine groups is 1. The van der Waals surface area contributed by atoms with Gasteiger partial charge in [0.2, 0.25) is 11.9 Å². The molecular formula is C24H22ClFN6O. The summed E-state index contributed by atoms with van der Waals surface area (Å²) in [4.78, 5) is 29.2. The molecule has 168 valence electrons. The average molecular weight is 465 g/mol. The number of benzene rings is 2. The van der Waals surface area contributed by atoms with Crippen molar-refractivity contribution in [3.05, 3.63) is 88.1 Å². The molecule has 1 amide bonds. The quantitative estimate of drug-likeness (QED) is 0.292. The molecule has 0 aliphatic rings. The molecule has 0 radical (unpaired) electrons. The van der Waals surface area contributed by atoms with E-state index in [-0.39, 0.29) is 11.8 Å². The van der Waals surface area contributed by atoms with Crippen LogP contribution in [-0.2, 0) is 6.42 Å². The van der Waals surface area contributed by atoms with Gasteiger partial charge in [-0.1, -0.05) is 23.7 Å². The van der Waals surface area contributed by atoms with Crippen molar-refractivity contribution in [2.45, 2.75) is 20.3 Å². The molecule has 0 saturated carbocycles. The molecule has 0 atom stereocenters. The highest BCUT2D eigenvalue weighted by molar-refractivity contribution is 6.34. The number of fused-ring (bicyclic) bond motifs is 1. The second-order valence-electron chi connectivity index (χ2n) is 7.52. The van der Waals surface area contributed by atoms with E-state index in [0.717, 1.165) is 27.9 Å². The van der Waals surface area contributed by atoms with Crippen LogP contribution in [0.4, 0.5) is 10.3 Å². The number of rotatable bonds is 5. The number of aliphatic imine (C=N–C) groups is 1. The van der Waals surface area contributed by atoms with Crippen LogP contribution < -0.4 is 10.6 Å². The Morgan fingerprint density at radius 3 is 2.64 bits per heavy atom. The van der Waals surface area contributed by atoms with Gasteiger partial charge >= 0.3 is 0 Å². The zero-order valence-electron chi connectivity index (χ0n) is 18.1. The second-order valence-corrected chi connectivity index (χ2v) is 7.92. The molecule has 0 spiro atoms. The molecule has 0 saturated heterocycles. The molecule has 2 aromatic carbocycles. The number of anilines is 1. The van der Waals surface area contributed by atoms with Crippen LogP contribution in [0.15, 0.2) is 59.7 Å². The number of aromatic nitrogens is 3. The predicted octanol–water partition coefficient (Wildman–Crippen LogP) is 4.81. The summed E-state index contributed by atoms with van der Waals surface area (Å²) in [6.07, 6.45) is 2.37. The minimum absolute atomic E-state index is 0.191. The molecule has 7 nitrogen and oxygen atoms in total. The van der Waals surface area contributed by atoms with Crippen molar-refractivity contribution in [1.29, 1.82) is 0 Å². The van der Waals surface area contributed by atoms with Crippen molar-refractivity contribution in [2.24, 2.45) is 4.99 Å². The number of carbonyl (C=O) groups is 1. The summed E-state index contributed by atoms with van der Waals surface area (Å²) in [5, 5.41) is 6.88. The van der Waals surface area contributed by atoms with Gasteiger partial charge in [-0.3, -0.25) is 20.4 Å². The Bertz CT molecular complexity index is 1330. The van der Waals surface area contributed by atoms with Crippen LogP contribution in [0.2, 0.25) is 5.02 Å². The third-order valence-corrected chi connectivity index (χ3v) is 5.27. The fourth-order valence-corrected chi connectivity index (χ4v) is 3.69. The van der Waals surface area contributed by atoms with E-state index < -0.39 is 5.91 Å². The molecule has 0 fully saturated rings. The van der Waals surface area contributed by atoms with E-state index in [1.54, 1.807) is 30.3 Å². The Balaban J connectivity index is 1.56. The smallest absolute Gasteiger partial charge is 0.259 e. The van der Waals surface area contributed by atoms with Gasteiger partial charge < -0.3 is 4.98 Å². The van der Waals surface area contributed by atoms with Crippen molar-refractivity contribution in [1.82, 2.24) is 20.3 Å². The number of halogens is 2. The number of nitrogens with one attached hydrogen (secondary N) is 3. The van der Waals surface area contributed by atoms with E-state index >= 15 is 0 Å². The van der Waals surface area contributed by atoms with E-state index in [1.165, 1.54) is 12.1 Å². The lowest BCUT2D eigenvalue weighted by Gasteiger charge is -2.12. The fourth-order valence-electron chi connectivity index (χ4n) is 3.46. The van der Waals surface area contributed by atoms with Crippen molar-refractivity contribution in [2.75, 3.05) is 11.9 Å². The number of hydrogen-bond donors (Lipinski definition) is 3. The van der Waals surface area contributed by atoms with Crippen LogP contribution in [-0.4, -0.2) is 33.4 Å². The first-order chi connectivity index (χ1) is 15.9. The Morgan fingerprint density at radius 1 is 1.12 bits per heavy atom. The first-order valence-electron chi connectivity index (χ1n) is 10.3. The van der Waals surface area contributed by atoms with Gasteiger partial charge in [-0.25, -0.2) is 14.4 Å². The van der Waals surface area contributed by atoms with E-state index in [1.807, 2.05) is 26.1 Å². The molecule has 4 aromatic rings. The van der Waals surface area contributed by atoms with Crippen LogP contribution in [0, 0.1) is 19.7 Å². The number of carbonyl (C=O) groups excluding carboxylic acids is 1. The molecule has 2 heterocycles. The number of nitrogens with zero attached hydrogens (tertiary/aromatic N) is 3. The van der Waals surface area contributed by atoms with E-state index in [2.05, 4.69) is 30.6 Å². The molecule has 4 rings (SSSR count). The van der Waals surface area contributed by atoms with Gasteiger partial charge in [0, 0.05) is 35.0 Å². The second kappa shape index (κ2) is 9.79. The molecule has 33 heavy (non-hydrogen) atoms. The normalized spacial score (nSPS) is 11.6. The molecule has 0 aliphatic heterocycles. The molecular weight excluding hydrogens is 443 g/mol. The minimum Gasteiger partial charge on any atom is -0.361 e. The zero-order chi connectivity index (χ0) is 23.4. The SMILES string of the molecule is Cc1cc(C)nc(NC(=NCCc2c[nH]c3ccc(F)cc23)NC(=O)c2ccccc2Cl)n1. The Labute approximate surface area is 195 Å². The Kier molecular flexibility index (Phi) is 6.65. The highest BCUT2D eigenvalue weighted by atomic mass is 35.5. The van der Waals surface area contributed by atoms with Crippen LogP contribution in [0.1, 0.15) is 27.3 Å². The van der Waals surface area contributed by atoms with Crippen molar-refractivity contribution in [3.63, 3.8) is 0 Å². The largest absolute Gasteiger partial charge is 0.361 e. The fraction of sp³-hybridized carbons (Fsp3) is 0.167. The number of hydrogen-bond acceptors (Lipinski definition) is 4. The monoisotopic (exact) mass is 464 g/mol. The Hall–Kier alpha value is -3.78. The summed E-state index contributed by atoms with van der Waals surface area (Å²) in [6.45, 7) is 4.05. The van der Waals surface area contributed by atoms with Gasteiger partial charge in [-0.2, -0.15) is 0 Å². The van der Waals surface area contributed by atoms with Crippen molar-refractivity contribution < 1.29 is 9.18 Å². The topological polar surface area (TPSA) is 95.1 Å². The third-order valence-electron chi connectivity index (χ3n) is 4.94. The minimum atomic E-state index is -0.412. The lowest BCUT2D eigenvalue weighted by Crippen LogP contribution is -2.37. The first kappa shape index (κ1) is 22.4. The number of aryl methyl sites for hydroxylation is 2. The molecule has 3 N–H and O–H groups in total. The maximum Gasteiger partial charge on any atom is 0.259 e. The van der Waals surface area contributed by atoms with E-state index in [0.29, 0.717) is 29.5 Å². The van der Waals surface area contributed by atoms with Crippen LogP contribution in [0.5, 0.6) is 0 Å². The summed E-state index contributed by atoms with van der Waals surface area (Å²) >= 11 is 6.16. The standard InChI is InChI=1S/C24H22ClFN6O/c1-14-11-15(2)30-24(29-14)32-23(31-22(33)18-5-3-4-6-20(18)25)27-10-9-16-13-28-21-8-7-17(26)12-19(16)21/h3-8,11-13,28H,9-10H2,1-2H3,(H2,27,29,30,31,32,33). The molecule has 0 bridgehead atoms. The van der Waals surface area contributed by atoms with Gasteiger partial charge in [0.15, 0.2) is 0 Å². The summed E-state index contributed by atoms with van der Waals surface area (Å²) in [7, 11) is 0. The van der Waals surface area contributed by atoms with Gasteiger partial charge in [0.05, 0.1) is 10.6 Å². The highest BCUT2D eigenvalue weighted by Crippen LogP contribution is 2.20. The molecule has 0 unspecified atom stereocenters. The van der Waals surface area contributed by atoms with E-state index in [4.69, 9.17) is 11.6 Å². The third kappa shape index (κ3) is 5.53. The highest BCUT2D eigenvalue weighted by Gasteiger charge is 2.14. The zero-order valence-corrected chi connectivity index (χ0v) is 18.9. The lowest BCUT2D eigenvalue weighted by atomic mass is 10.1. The van der Waals surface area contributed by atoms with E-state index in [9.17, 15) is 9.18 Å². The number of aromatic amines is 1. The number of amides is 1. The molecule has 0 aliphatic carbocycles. The lowest BCUT2D eigenvalue weighted by molar-refractivity contribution is 0.0977. The van der Waals surface area contributed by atoms with Crippen molar-refractivity contribution in [3.8, 4) is 0 Å². The summed E-state index contributed by atoms with van der Waals surface area (Å²) < 4.78 is 13.7. The van der Waals surface area contributed by atoms with Crippen LogP contribution in [0.25, 0.3) is 10.9 Å². The first-order valence-corrected chi connectivity index (χ1v) is 10.7. The van der Waals surface area contributed by atoms with Gasteiger partial charge in [0.25, 0.3) is 5.91 Å². The van der Waals surface area contributed by atoms with Gasteiger partial charge in [-0.05, 0) is 62.2 Å². The Morgan fingerprint density at radius 2 is 1.88 bits per heavy atom. The molecule has 9 heteroatoms. The number of H-pyrrole nitrogens is 1. The predicted molar refractivity (Wildman–Crippen MR) is 128 cm³/mol. The van der Waals surface area contributed by atoms with Crippen molar-refractivity contribution >= 4 is 40.3 Å². The van der Waals surface area contributed by atoms with Gasteiger partial charge in [0.1, 0.15) is 5.82 Å². The van der Waals surface area contributed by atoms with Gasteiger partial charge in [-0.15, -0.1) is 0 Å². The van der Waals surface area contributed by atoms with Crippen LogP contribution >= 0.6 is 11.6 Å².